The monoisotopic (exact) mass is 282 g/mol. The zero-order chi connectivity index (χ0) is 13.8. The van der Waals surface area contributed by atoms with E-state index in [4.69, 9.17) is 16.3 Å². The van der Waals surface area contributed by atoms with Crippen molar-refractivity contribution >= 4 is 11.6 Å². The fraction of sp³-hybridized carbons (Fsp3) is 0.667. The smallest absolute Gasteiger partial charge is 0.213 e. The van der Waals surface area contributed by atoms with Gasteiger partial charge >= 0.3 is 0 Å². The summed E-state index contributed by atoms with van der Waals surface area (Å²) in [5.74, 6) is 2.22. The molecule has 1 fully saturated rings. The van der Waals surface area contributed by atoms with Gasteiger partial charge in [-0.05, 0) is 43.7 Å². The molecule has 0 spiro atoms. The lowest BCUT2D eigenvalue weighted by Crippen LogP contribution is -2.29. The van der Waals surface area contributed by atoms with E-state index in [2.05, 4.69) is 24.1 Å². The second-order valence-electron chi connectivity index (χ2n) is 5.65. The first-order valence-electron chi connectivity index (χ1n) is 7.05. The van der Waals surface area contributed by atoms with E-state index in [0.717, 1.165) is 36.8 Å². The number of ether oxygens (including phenoxy) is 1. The molecule has 106 valence electrons. The van der Waals surface area contributed by atoms with Gasteiger partial charge in [0.15, 0.2) is 0 Å². The van der Waals surface area contributed by atoms with E-state index < -0.39 is 0 Å². The Bertz CT molecular complexity index is 425. The second-order valence-corrected chi connectivity index (χ2v) is 6.06. The fourth-order valence-corrected chi connectivity index (χ4v) is 2.79. The number of pyridine rings is 1. The van der Waals surface area contributed by atoms with Crippen LogP contribution in [0.2, 0.25) is 5.02 Å². The predicted molar refractivity (Wildman–Crippen MR) is 78.6 cm³/mol. The van der Waals surface area contributed by atoms with Crippen molar-refractivity contribution in [2.75, 3.05) is 7.05 Å². The summed E-state index contributed by atoms with van der Waals surface area (Å²) in [4.78, 5) is 4.28. The SMILES string of the molecule is CNCc1cc(OC2CCC(C)C(C)C2)ncc1Cl. The van der Waals surface area contributed by atoms with Crippen LogP contribution >= 0.6 is 11.6 Å². The van der Waals surface area contributed by atoms with Gasteiger partial charge < -0.3 is 10.1 Å². The van der Waals surface area contributed by atoms with Gasteiger partial charge in [0, 0.05) is 18.8 Å². The highest BCUT2D eigenvalue weighted by atomic mass is 35.5. The summed E-state index contributed by atoms with van der Waals surface area (Å²) in [5, 5.41) is 3.79. The van der Waals surface area contributed by atoms with Crippen LogP contribution in [0, 0.1) is 11.8 Å². The van der Waals surface area contributed by atoms with Gasteiger partial charge in [-0.3, -0.25) is 0 Å². The molecule has 3 atom stereocenters. The molecule has 1 aromatic rings. The first-order valence-corrected chi connectivity index (χ1v) is 7.43. The molecule has 2 rings (SSSR count). The van der Waals surface area contributed by atoms with Crippen LogP contribution in [0.3, 0.4) is 0 Å². The maximum absolute atomic E-state index is 6.10. The average Bonchev–Trinajstić information content (AvgIpc) is 2.38. The van der Waals surface area contributed by atoms with Crippen LogP contribution in [0.4, 0.5) is 0 Å². The van der Waals surface area contributed by atoms with E-state index in [1.807, 2.05) is 13.1 Å². The van der Waals surface area contributed by atoms with Gasteiger partial charge in [0.1, 0.15) is 6.10 Å². The minimum atomic E-state index is 0.294. The molecule has 0 aromatic carbocycles. The van der Waals surface area contributed by atoms with Gasteiger partial charge in [-0.25, -0.2) is 4.98 Å². The summed E-state index contributed by atoms with van der Waals surface area (Å²) in [6.07, 6.45) is 5.45. The van der Waals surface area contributed by atoms with E-state index >= 15 is 0 Å². The highest BCUT2D eigenvalue weighted by Gasteiger charge is 2.26. The topological polar surface area (TPSA) is 34.1 Å². The average molecular weight is 283 g/mol. The molecule has 0 aliphatic heterocycles. The Labute approximate surface area is 120 Å². The third kappa shape index (κ3) is 3.83. The molecule has 3 unspecified atom stereocenters. The van der Waals surface area contributed by atoms with Gasteiger partial charge in [0.05, 0.1) is 5.02 Å². The first-order chi connectivity index (χ1) is 9.10. The largest absolute Gasteiger partial charge is 0.474 e. The van der Waals surface area contributed by atoms with Gasteiger partial charge in [-0.1, -0.05) is 25.4 Å². The van der Waals surface area contributed by atoms with Crippen LogP contribution in [-0.2, 0) is 6.54 Å². The first kappa shape index (κ1) is 14.6. The molecular weight excluding hydrogens is 260 g/mol. The standard InChI is InChI=1S/C15H23ClN2O/c1-10-4-5-13(6-11(10)2)19-15-7-12(8-17-3)14(16)9-18-15/h7,9-11,13,17H,4-6,8H2,1-3H3. The number of aromatic nitrogens is 1. The molecule has 1 aliphatic rings. The lowest BCUT2D eigenvalue weighted by molar-refractivity contribution is 0.0964. The summed E-state index contributed by atoms with van der Waals surface area (Å²) < 4.78 is 6.02. The Morgan fingerprint density at radius 3 is 2.84 bits per heavy atom. The Kier molecular flexibility index (Phi) is 5.06. The zero-order valence-electron chi connectivity index (χ0n) is 11.9. The molecule has 3 nitrogen and oxygen atoms in total. The molecule has 0 amide bonds. The van der Waals surface area contributed by atoms with E-state index in [0.29, 0.717) is 17.0 Å². The maximum Gasteiger partial charge on any atom is 0.213 e. The highest BCUT2D eigenvalue weighted by Crippen LogP contribution is 2.31. The number of nitrogens with zero attached hydrogens (tertiary/aromatic N) is 1. The van der Waals surface area contributed by atoms with E-state index in [9.17, 15) is 0 Å². The van der Waals surface area contributed by atoms with Crippen LogP contribution in [-0.4, -0.2) is 18.1 Å². The minimum Gasteiger partial charge on any atom is -0.474 e. The van der Waals surface area contributed by atoms with Crippen molar-refractivity contribution in [3.05, 3.63) is 22.8 Å². The maximum atomic E-state index is 6.10. The highest BCUT2D eigenvalue weighted by molar-refractivity contribution is 6.31. The van der Waals surface area contributed by atoms with Crippen molar-refractivity contribution in [2.24, 2.45) is 11.8 Å². The molecule has 1 aromatic heterocycles. The normalized spacial score (nSPS) is 27.3. The fourth-order valence-electron chi connectivity index (χ4n) is 2.62. The number of rotatable bonds is 4. The van der Waals surface area contributed by atoms with Crippen molar-refractivity contribution in [3.8, 4) is 5.88 Å². The molecule has 1 heterocycles. The molecule has 0 radical (unpaired) electrons. The molecule has 1 saturated carbocycles. The Balaban J connectivity index is 2.01. The molecule has 1 N–H and O–H groups in total. The van der Waals surface area contributed by atoms with Crippen molar-refractivity contribution in [2.45, 2.75) is 45.8 Å². The molecule has 0 saturated heterocycles. The van der Waals surface area contributed by atoms with Crippen LogP contribution in [0.5, 0.6) is 5.88 Å². The zero-order valence-corrected chi connectivity index (χ0v) is 12.7. The van der Waals surface area contributed by atoms with Crippen molar-refractivity contribution in [1.82, 2.24) is 10.3 Å². The summed E-state index contributed by atoms with van der Waals surface area (Å²) >= 11 is 6.10. The summed E-state index contributed by atoms with van der Waals surface area (Å²) in [7, 11) is 1.90. The third-order valence-corrected chi connectivity index (χ3v) is 4.45. The van der Waals surface area contributed by atoms with Crippen molar-refractivity contribution < 1.29 is 4.74 Å². The van der Waals surface area contributed by atoms with Gasteiger partial charge in [0.2, 0.25) is 5.88 Å². The number of nitrogens with one attached hydrogen (secondary N) is 1. The van der Waals surface area contributed by atoms with Crippen LogP contribution in [0.25, 0.3) is 0 Å². The van der Waals surface area contributed by atoms with E-state index in [1.54, 1.807) is 6.20 Å². The Morgan fingerprint density at radius 2 is 2.16 bits per heavy atom. The molecular formula is C15H23ClN2O. The number of halogens is 1. The van der Waals surface area contributed by atoms with E-state index in [1.165, 1.54) is 6.42 Å². The van der Waals surface area contributed by atoms with Crippen LogP contribution in [0.1, 0.15) is 38.7 Å². The third-order valence-electron chi connectivity index (χ3n) is 4.11. The summed E-state index contributed by atoms with van der Waals surface area (Å²) in [5.41, 5.74) is 1.03. The number of hydrogen-bond acceptors (Lipinski definition) is 3. The van der Waals surface area contributed by atoms with Crippen molar-refractivity contribution in [3.63, 3.8) is 0 Å². The van der Waals surface area contributed by atoms with Gasteiger partial charge in [-0.15, -0.1) is 0 Å². The lowest BCUT2D eigenvalue weighted by atomic mass is 9.80. The summed E-state index contributed by atoms with van der Waals surface area (Å²) in [6, 6.07) is 1.95. The Hall–Kier alpha value is -0.800. The molecule has 19 heavy (non-hydrogen) atoms. The number of hydrogen-bond donors (Lipinski definition) is 1. The van der Waals surface area contributed by atoms with Crippen LogP contribution in [0.15, 0.2) is 12.3 Å². The minimum absolute atomic E-state index is 0.294. The second kappa shape index (κ2) is 6.58. The van der Waals surface area contributed by atoms with E-state index in [-0.39, 0.29) is 0 Å². The molecule has 0 bridgehead atoms. The lowest BCUT2D eigenvalue weighted by Gasteiger charge is -2.32. The Morgan fingerprint density at radius 1 is 1.37 bits per heavy atom. The van der Waals surface area contributed by atoms with Gasteiger partial charge in [-0.2, -0.15) is 0 Å². The van der Waals surface area contributed by atoms with Gasteiger partial charge in [0.25, 0.3) is 0 Å². The quantitative estimate of drug-likeness (QED) is 0.915. The predicted octanol–water partition coefficient (Wildman–Crippen LogP) is 3.66. The van der Waals surface area contributed by atoms with Crippen LogP contribution < -0.4 is 10.1 Å². The van der Waals surface area contributed by atoms with Crippen molar-refractivity contribution in [1.29, 1.82) is 0 Å². The molecule has 4 heteroatoms. The summed E-state index contributed by atoms with van der Waals surface area (Å²) in [6.45, 7) is 5.37. The molecule has 1 aliphatic carbocycles.